The van der Waals surface area contributed by atoms with Crippen LogP contribution in [-0.2, 0) is 24.3 Å². The molecule has 0 bridgehead atoms. The van der Waals surface area contributed by atoms with Gasteiger partial charge in [-0.15, -0.1) is 0 Å². The summed E-state index contributed by atoms with van der Waals surface area (Å²) < 4.78 is 10.9. The number of benzene rings is 2. The number of hydrogen-bond donors (Lipinski definition) is 1. The summed E-state index contributed by atoms with van der Waals surface area (Å²) in [4.78, 5) is 10.9. The average molecular weight is 399 g/mol. The second-order valence-corrected chi connectivity index (χ2v) is 8.40. The van der Waals surface area contributed by atoms with Gasteiger partial charge < -0.3 is 14.8 Å². The van der Waals surface area contributed by atoms with E-state index in [1.165, 1.54) is 17.2 Å². The first-order chi connectivity index (χ1) is 13.8. The lowest BCUT2D eigenvalue weighted by Gasteiger charge is -2.25. The molecule has 29 heavy (non-hydrogen) atoms. The van der Waals surface area contributed by atoms with Gasteiger partial charge in [0.25, 0.3) is 5.69 Å². The predicted molar refractivity (Wildman–Crippen MR) is 113 cm³/mol. The van der Waals surface area contributed by atoms with Crippen LogP contribution >= 0.6 is 0 Å². The van der Waals surface area contributed by atoms with Crippen LogP contribution < -0.4 is 10.1 Å². The zero-order valence-electron chi connectivity index (χ0n) is 17.6. The van der Waals surface area contributed by atoms with Crippen LogP contribution in [0.1, 0.15) is 56.0 Å². The second-order valence-electron chi connectivity index (χ2n) is 8.40. The van der Waals surface area contributed by atoms with Crippen LogP contribution in [0.3, 0.4) is 0 Å². The minimum absolute atomic E-state index is 0.0637. The van der Waals surface area contributed by atoms with Gasteiger partial charge in [0.1, 0.15) is 5.75 Å². The summed E-state index contributed by atoms with van der Waals surface area (Å²) in [6, 6.07) is 12.0. The molecule has 0 amide bonds. The largest absolute Gasteiger partial charge is 0.467 e. The van der Waals surface area contributed by atoms with Gasteiger partial charge in [0, 0.05) is 35.8 Å². The molecule has 0 radical (unpaired) electrons. The van der Waals surface area contributed by atoms with Crippen molar-refractivity contribution < 1.29 is 14.4 Å². The number of non-ortho nitro benzene ring substituents is 1. The first kappa shape index (κ1) is 21.3. The SMILES string of the molecule is CC(C)Cc1ccc(C(NCc2cc([N+](=O)[O-])cc3c2OCOC3)C(C)C)cc1. The molecule has 2 aromatic carbocycles. The molecule has 6 nitrogen and oxygen atoms in total. The monoisotopic (exact) mass is 398 g/mol. The zero-order chi connectivity index (χ0) is 21.0. The molecular formula is C23H30N2O4. The fraction of sp³-hybridized carbons (Fsp3) is 0.478. The molecule has 1 atom stereocenters. The number of rotatable bonds is 8. The Morgan fingerprint density at radius 2 is 1.86 bits per heavy atom. The molecule has 2 aromatic rings. The van der Waals surface area contributed by atoms with Gasteiger partial charge in [-0.05, 0) is 29.4 Å². The van der Waals surface area contributed by atoms with E-state index in [1.807, 2.05) is 0 Å². The van der Waals surface area contributed by atoms with E-state index in [0.717, 1.165) is 17.5 Å². The van der Waals surface area contributed by atoms with Gasteiger partial charge in [0.05, 0.1) is 11.5 Å². The summed E-state index contributed by atoms with van der Waals surface area (Å²) in [5.41, 5.74) is 4.14. The number of nitrogens with zero attached hydrogens (tertiary/aromatic N) is 1. The number of nitrogens with one attached hydrogen (secondary N) is 1. The highest BCUT2D eigenvalue weighted by atomic mass is 16.7. The van der Waals surface area contributed by atoms with Crippen LogP contribution in [0.15, 0.2) is 36.4 Å². The van der Waals surface area contributed by atoms with Crippen LogP contribution in [0.5, 0.6) is 5.75 Å². The van der Waals surface area contributed by atoms with E-state index in [0.29, 0.717) is 30.7 Å². The van der Waals surface area contributed by atoms with Crippen LogP contribution in [-0.4, -0.2) is 11.7 Å². The minimum Gasteiger partial charge on any atom is -0.467 e. The summed E-state index contributed by atoms with van der Waals surface area (Å²) >= 11 is 0. The fourth-order valence-corrected chi connectivity index (χ4v) is 3.81. The van der Waals surface area contributed by atoms with Crippen molar-refractivity contribution in [3.8, 4) is 5.75 Å². The van der Waals surface area contributed by atoms with Gasteiger partial charge in [-0.25, -0.2) is 0 Å². The highest BCUT2D eigenvalue weighted by molar-refractivity contribution is 5.50. The van der Waals surface area contributed by atoms with Gasteiger partial charge in [-0.2, -0.15) is 0 Å². The summed E-state index contributed by atoms with van der Waals surface area (Å²) in [7, 11) is 0. The first-order valence-electron chi connectivity index (χ1n) is 10.2. The normalized spacial score (nSPS) is 14.6. The van der Waals surface area contributed by atoms with E-state index in [9.17, 15) is 10.1 Å². The minimum atomic E-state index is -0.369. The van der Waals surface area contributed by atoms with Gasteiger partial charge >= 0.3 is 0 Å². The molecule has 1 N–H and O–H groups in total. The predicted octanol–water partition coefficient (Wildman–Crippen LogP) is 5.15. The Kier molecular flexibility index (Phi) is 6.87. The Morgan fingerprint density at radius 3 is 2.48 bits per heavy atom. The van der Waals surface area contributed by atoms with E-state index < -0.39 is 0 Å². The average Bonchev–Trinajstić information content (AvgIpc) is 2.68. The lowest BCUT2D eigenvalue weighted by atomic mass is 9.93. The van der Waals surface area contributed by atoms with Gasteiger partial charge in [0.2, 0.25) is 0 Å². The van der Waals surface area contributed by atoms with Gasteiger partial charge in [-0.3, -0.25) is 10.1 Å². The number of nitro benzene ring substituents is 1. The summed E-state index contributed by atoms with van der Waals surface area (Å²) in [5, 5.41) is 14.9. The van der Waals surface area contributed by atoms with Crippen molar-refractivity contribution in [3.63, 3.8) is 0 Å². The van der Waals surface area contributed by atoms with Crippen molar-refractivity contribution in [3.05, 3.63) is 68.8 Å². The lowest BCUT2D eigenvalue weighted by molar-refractivity contribution is -0.385. The Hall–Kier alpha value is -2.44. The van der Waals surface area contributed by atoms with E-state index in [-0.39, 0.29) is 23.4 Å². The number of ether oxygens (including phenoxy) is 2. The maximum Gasteiger partial charge on any atom is 0.270 e. The van der Waals surface area contributed by atoms with Crippen molar-refractivity contribution in [2.24, 2.45) is 11.8 Å². The van der Waals surface area contributed by atoms with Crippen LogP contribution in [0.25, 0.3) is 0 Å². The Bertz CT molecular complexity index is 847. The smallest absolute Gasteiger partial charge is 0.270 e. The summed E-state index contributed by atoms with van der Waals surface area (Å²) in [5.74, 6) is 1.69. The van der Waals surface area contributed by atoms with Crippen molar-refractivity contribution in [2.45, 2.75) is 53.3 Å². The standard InChI is InChI=1S/C23H30N2O4/c1-15(2)9-17-5-7-18(8-6-17)22(16(3)4)24-12-19-10-21(25(26)27)11-20-13-28-14-29-23(19)20/h5-8,10-11,15-16,22,24H,9,12-14H2,1-4H3. The maximum absolute atomic E-state index is 11.3. The second kappa shape index (κ2) is 9.37. The number of nitro groups is 1. The molecule has 0 saturated carbocycles. The third kappa shape index (κ3) is 5.34. The van der Waals surface area contributed by atoms with Crippen LogP contribution in [0.2, 0.25) is 0 Å². The molecule has 3 rings (SSSR count). The Morgan fingerprint density at radius 1 is 1.14 bits per heavy atom. The highest BCUT2D eigenvalue weighted by Gasteiger charge is 2.22. The molecule has 0 spiro atoms. The number of fused-ring (bicyclic) bond motifs is 1. The Balaban J connectivity index is 1.80. The number of hydrogen-bond acceptors (Lipinski definition) is 5. The molecule has 1 aliphatic rings. The molecule has 1 aliphatic heterocycles. The first-order valence-corrected chi connectivity index (χ1v) is 10.2. The molecule has 156 valence electrons. The molecule has 1 heterocycles. The van der Waals surface area contributed by atoms with E-state index in [1.54, 1.807) is 6.07 Å². The molecule has 0 saturated heterocycles. The molecule has 0 fully saturated rings. The van der Waals surface area contributed by atoms with Crippen LogP contribution in [0, 0.1) is 22.0 Å². The van der Waals surface area contributed by atoms with E-state index >= 15 is 0 Å². The maximum atomic E-state index is 11.3. The summed E-state index contributed by atoms with van der Waals surface area (Å²) in [6.07, 6.45) is 1.07. The van der Waals surface area contributed by atoms with Crippen molar-refractivity contribution in [1.29, 1.82) is 0 Å². The molecule has 0 aliphatic carbocycles. The Labute approximate surface area is 172 Å². The topological polar surface area (TPSA) is 73.6 Å². The van der Waals surface area contributed by atoms with E-state index in [4.69, 9.17) is 9.47 Å². The highest BCUT2D eigenvalue weighted by Crippen LogP contribution is 2.33. The van der Waals surface area contributed by atoms with Gasteiger partial charge in [-0.1, -0.05) is 52.0 Å². The molecule has 0 aromatic heterocycles. The molecular weight excluding hydrogens is 368 g/mol. The third-order valence-corrected chi connectivity index (χ3v) is 5.14. The molecule has 1 unspecified atom stereocenters. The molecule has 6 heteroatoms. The van der Waals surface area contributed by atoms with Crippen molar-refractivity contribution in [1.82, 2.24) is 5.32 Å². The van der Waals surface area contributed by atoms with Crippen molar-refractivity contribution in [2.75, 3.05) is 6.79 Å². The van der Waals surface area contributed by atoms with Crippen molar-refractivity contribution >= 4 is 5.69 Å². The quantitative estimate of drug-likeness (QED) is 0.492. The van der Waals surface area contributed by atoms with Crippen LogP contribution in [0.4, 0.5) is 5.69 Å². The lowest BCUT2D eigenvalue weighted by Crippen LogP contribution is -2.26. The zero-order valence-corrected chi connectivity index (χ0v) is 17.6. The third-order valence-electron chi connectivity index (χ3n) is 5.14. The fourth-order valence-electron chi connectivity index (χ4n) is 3.81. The summed E-state index contributed by atoms with van der Waals surface area (Å²) in [6.45, 7) is 9.77. The van der Waals surface area contributed by atoms with E-state index in [2.05, 4.69) is 57.3 Å². The van der Waals surface area contributed by atoms with Gasteiger partial charge in [0.15, 0.2) is 6.79 Å².